The lowest BCUT2D eigenvalue weighted by atomic mass is 9.87. The fraction of sp³-hybridized carbons (Fsp3) is 0.667. The van der Waals surface area contributed by atoms with Gasteiger partial charge in [0.15, 0.2) is 0 Å². The minimum Gasteiger partial charge on any atom is -0.396 e. The molecule has 1 atom stereocenters. The summed E-state index contributed by atoms with van der Waals surface area (Å²) in [6, 6.07) is 0. The Hall–Kier alpha value is -1.40. The molecular weight excluding hydrogens is 236 g/mol. The average Bonchev–Trinajstić information content (AvgIpc) is 2.32. The third-order valence-corrected chi connectivity index (χ3v) is 2.49. The molecule has 0 spiro atoms. The number of aliphatic hydroxyl groups excluding tert-OH is 2. The van der Waals surface area contributed by atoms with Gasteiger partial charge in [-0.3, -0.25) is 9.59 Å². The molecule has 104 valence electrons. The summed E-state index contributed by atoms with van der Waals surface area (Å²) in [5, 5.41) is 23.7. The summed E-state index contributed by atoms with van der Waals surface area (Å²) in [7, 11) is 0. The first-order chi connectivity index (χ1) is 8.22. The fourth-order valence-electron chi connectivity index (χ4n) is 1.05. The predicted octanol–water partition coefficient (Wildman–Crippen LogP) is -0.826. The summed E-state index contributed by atoms with van der Waals surface area (Å²) in [4.78, 5) is 22.6. The van der Waals surface area contributed by atoms with E-state index in [2.05, 4.69) is 17.2 Å². The van der Waals surface area contributed by atoms with Gasteiger partial charge in [0.1, 0.15) is 6.10 Å². The Morgan fingerprint density at radius 1 is 1.28 bits per heavy atom. The number of amides is 2. The SMILES string of the molecule is C=C(C)C(=O)NCCNC(=O)[C@@H](O)C(C)(C)CO. The molecule has 18 heavy (non-hydrogen) atoms. The standard InChI is InChI=1S/C12H22N2O4/c1-8(2)10(17)13-5-6-14-11(18)9(16)12(3,4)7-15/h9,15-16H,1,5-7H2,2-4H3,(H,13,17)(H,14,18)/t9-/m1/s1. The Morgan fingerprint density at radius 2 is 1.78 bits per heavy atom. The maximum atomic E-state index is 11.5. The number of hydrogen-bond donors (Lipinski definition) is 4. The van der Waals surface area contributed by atoms with Gasteiger partial charge in [-0.25, -0.2) is 0 Å². The van der Waals surface area contributed by atoms with Crippen molar-refractivity contribution < 1.29 is 19.8 Å². The highest BCUT2D eigenvalue weighted by molar-refractivity contribution is 5.92. The first-order valence-corrected chi connectivity index (χ1v) is 5.72. The van der Waals surface area contributed by atoms with Gasteiger partial charge < -0.3 is 20.8 Å². The van der Waals surface area contributed by atoms with Crippen LogP contribution in [0, 0.1) is 5.41 Å². The van der Waals surface area contributed by atoms with Gasteiger partial charge >= 0.3 is 0 Å². The summed E-state index contributed by atoms with van der Waals surface area (Å²) in [5.41, 5.74) is -0.506. The molecular formula is C12H22N2O4. The molecule has 0 aliphatic carbocycles. The van der Waals surface area contributed by atoms with E-state index in [-0.39, 0.29) is 25.6 Å². The van der Waals surface area contributed by atoms with Gasteiger partial charge in [-0.1, -0.05) is 20.4 Å². The highest BCUT2D eigenvalue weighted by Gasteiger charge is 2.32. The number of rotatable bonds is 7. The van der Waals surface area contributed by atoms with Crippen molar-refractivity contribution in [2.24, 2.45) is 5.41 Å². The van der Waals surface area contributed by atoms with Gasteiger partial charge in [0.25, 0.3) is 0 Å². The molecule has 0 unspecified atom stereocenters. The molecule has 2 amide bonds. The number of nitrogens with one attached hydrogen (secondary N) is 2. The Kier molecular flexibility index (Phi) is 6.57. The molecule has 0 aromatic carbocycles. The molecule has 0 saturated heterocycles. The van der Waals surface area contributed by atoms with Gasteiger partial charge in [0, 0.05) is 24.1 Å². The fourth-order valence-corrected chi connectivity index (χ4v) is 1.05. The summed E-state index contributed by atoms with van der Waals surface area (Å²) in [5.74, 6) is -0.848. The average molecular weight is 258 g/mol. The molecule has 6 heteroatoms. The maximum absolute atomic E-state index is 11.5. The van der Waals surface area contributed by atoms with Gasteiger partial charge in [-0.2, -0.15) is 0 Å². The lowest BCUT2D eigenvalue weighted by Gasteiger charge is -2.27. The minimum absolute atomic E-state index is 0.205. The molecule has 0 aliphatic rings. The van der Waals surface area contributed by atoms with Crippen LogP contribution in [0.5, 0.6) is 0 Å². The van der Waals surface area contributed by atoms with Crippen LogP contribution in [0.1, 0.15) is 20.8 Å². The molecule has 0 heterocycles. The quantitative estimate of drug-likeness (QED) is 0.354. The van der Waals surface area contributed by atoms with E-state index < -0.39 is 17.4 Å². The largest absolute Gasteiger partial charge is 0.396 e. The summed E-state index contributed by atoms with van der Waals surface area (Å²) < 4.78 is 0. The van der Waals surface area contributed by atoms with Crippen molar-refractivity contribution in [3.05, 3.63) is 12.2 Å². The maximum Gasteiger partial charge on any atom is 0.249 e. The highest BCUT2D eigenvalue weighted by atomic mass is 16.3. The lowest BCUT2D eigenvalue weighted by Crippen LogP contribution is -2.47. The Labute approximate surface area is 107 Å². The van der Waals surface area contributed by atoms with Crippen molar-refractivity contribution in [2.45, 2.75) is 26.9 Å². The third kappa shape index (κ3) is 5.29. The Morgan fingerprint density at radius 3 is 2.22 bits per heavy atom. The smallest absolute Gasteiger partial charge is 0.249 e. The van der Waals surface area contributed by atoms with E-state index in [1.165, 1.54) is 0 Å². The Bertz CT molecular complexity index is 326. The molecule has 0 fully saturated rings. The van der Waals surface area contributed by atoms with Crippen LogP contribution in [-0.2, 0) is 9.59 Å². The second kappa shape index (κ2) is 7.13. The van der Waals surface area contributed by atoms with Crippen molar-refractivity contribution in [3.63, 3.8) is 0 Å². The van der Waals surface area contributed by atoms with E-state index in [1.807, 2.05) is 0 Å². The predicted molar refractivity (Wildman–Crippen MR) is 67.7 cm³/mol. The molecule has 0 aliphatic heterocycles. The van der Waals surface area contributed by atoms with E-state index in [0.717, 1.165) is 0 Å². The molecule has 0 bridgehead atoms. The van der Waals surface area contributed by atoms with Crippen LogP contribution < -0.4 is 10.6 Å². The molecule has 0 saturated carbocycles. The van der Waals surface area contributed by atoms with E-state index >= 15 is 0 Å². The van der Waals surface area contributed by atoms with Crippen LogP contribution in [0.25, 0.3) is 0 Å². The second-order valence-electron chi connectivity index (χ2n) is 4.88. The Balaban J connectivity index is 3.98. The zero-order valence-electron chi connectivity index (χ0n) is 11.1. The van der Waals surface area contributed by atoms with Crippen LogP contribution >= 0.6 is 0 Å². The lowest BCUT2D eigenvalue weighted by molar-refractivity contribution is -0.137. The first-order valence-electron chi connectivity index (χ1n) is 5.72. The van der Waals surface area contributed by atoms with Crippen molar-refractivity contribution >= 4 is 11.8 Å². The minimum atomic E-state index is -1.29. The number of carbonyl (C=O) groups excluding carboxylic acids is 2. The van der Waals surface area contributed by atoms with Gasteiger partial charge in [0.05, 0.1) is 6.61 Å². The summed E-state index contributed by atoms with van der Waals surface area (Å²) >= 11 is 0. The molecule has 0 radical (unpaired) electrons. The van der Waals surface area contributed by atoms with Gasteiger partial charge in [0.2, 0.25) is 11.8 Å². The van der Waals surface area contributed by atoms with Gasteiger partial charge in [-0.05, 0) is 6.92 Å². The summed E-state index contributed by atoms with van der Waals surface area (Å²) in [6.07, 6.45) is -1.29. The normalized spacial score (nSPS) is 12.7. The van der Waals surface area contributed by atoms with E-state index in [0.29, 0.717) is 5.57 Å². The molecule has 4 N–H and O–H groups in total. The van der Waals surface area contributed by atoms with E-state index in [9.17, 15) is 14.7 Å². The second-order valence-corrected chi connectivity index (χ2v) is 4.88. The number of carbonyl (C=O) groups is 2. The number of aliphatic hydroxyl groups is 2. The van der Waals surface area contributed by atoms with E-state index in [4.69, 9.17) is 5.11 Å². The monoisotopic (exact) mass is 258 g/mol. The van der Waals surface area contributed by atoms with E-state index in [1.54, 1.807) is 20.8 Å². The molecule has 0 rings (SSSR count). The zero-order valence-corrected chi connectivity index (χ0v) is 11.1. The van der Waals surface area contributed by atoms with Crippen LogP contribution in [0.3, 0.4) is 0 Å². The van der Waals surface area contributed by atoms with Crippen LogP contribution in [0.15, 0.2) is 12.2 Å². The molecule has 0 aromatic heterocycles. The van der Waals surface area contributed by atoms with Crippen molar-refractivity contribution in [3.8, 4) is 0 Å². The van der Waals surface area contributed by atoms with Crippen molar-refractivity contribution in [1.29, 1.82) is 0 Å². The topological polar surface area (TPSA) is 98.7 Å². The van der Waals surface area contributed by atoms with Crippen LogP contribution in [0.2, 0.25) is 0 Å². The molecule has 6 nitrogen and oxygen atoms in total. The van der Waals surface area contributed by atoms with Crippen molar-refractivity contribution in [1.82, 2.24) is 10.6 Å². The van der Waals surface area contributed by atoms with Gasteiger partial charge in [-0.15, -0.1) is 0 Å². The summed E-state index contributed by atoms with van der Waals surface area (Å²) in [6.45, 7) is 8.39. The molecule has 0 aromatic rings. The number of hydrogen-bond acceptors (Lipinski definition) is 4. The first kappa shape index (κ1) is 16.6. The van der Waals surface area contributed by atoms with Crippen molar-refractivity contribution in [2.75, 3.05) is 19.7 Å². The van der Waals surface area contributed by atoms with Crippen LogP contribution in [-0.4, -0.2) is 47.8 Å². The van der Waals surface area contributed by atoms with Crippen LogP contribution in [0.4, 0.5) is 0 Å². The third-order valence-electron chi connectivity index (χ3n) is 2.49. The zero-order chi connectivity index (χ0) is 14.3. The highest BCUT2D eigenvalue weighted by Crippen LogP contribution is 2.19.